The molecule has 0 aromatic carbocycles. The number of phosphoric ester groups is 1. The number of hydrogen-bond acceptors (Lipinski definition) is 5. The number of rotatable bonds is 7. The lowest BCUT2D eigenvalue weighted by Gasteiger charge is -2.29. The summed E-state index contributed by atoms with van der Waals surface area (Å²) in [6.45, 7) is -9.00. The van der Waals surface area contributed by atoms with Crippen molar-refractivity contribution in [3.05, 3.63) is 0 Å². The Labute approximate surface area is 113 Å². The van der Waals surface area contributed by atoms with E-state index in [0.717, 1.165) is 0 Å². The fourth-order valence-electron chi connectivity index (χ4n) is 0.827. The molecule has 9 heteroatoms. The largest absolute Gasteiger partial charge is 0.469 e. The minimum Gasteiger partial charge on any atom is -0.383 e. The molecule has 0 heterocycles. The highest BCUT2D eigenvalue weighted by Crippen LogP contribution is 2.38. The van der Waals surface area contributed by atoms with Crippen LogP contribution < -0.4 is 5.32 Å². The lowest BCUT2D eigenvalue weighted by Crippen LogP contribution is -2.46. The Balaban J connectivity index is 5.87. The molecule has 0 aliphatic heterocycles. The first-order valence-electron chi connectivity index (χ1n) is 7.63. The SMILES string of the molecule is [2H]C([2H])([2H])C(COP(=O)(O)O)(C(O)C(=O)NCCC#N)C([2H])([2H])[2H]. The van der Waals surface area contributed by atoms with Gasteiger partial charge in [0.1, 0.15) is 6.10 Å². The topological polar surface area (TPSA) is 140 Å². The highest BCUT2D eigenvalue weighted by Gasteiger charge is 2.35. The van der Waals surface area contributed by atoms with Crippen LogP contribution in [0.1, 0.15) is 28.3 Å². The summed E-state index contributed by atoms with van der Waals surface area (Å²) in [5, 5.41) is 20.4. The van der Waals surface area contributed by atoms with E-state index in [4.69, 9.17) is 23.3 Å². The third-order valence-electron chi connectivity index (χ3n) is 1.71. The molecule has 0 bridgehead atoms. The van der Waals surface area contributed by atoms with Gasteiger partial charge in [-0.1, -0.05) is 13.7 Å². The monoisotopic (exact) mass is 286 g/mol. The van der Waals surface area contributed by atoms with E-state index in [-0.39, 0.29) is 13.0 Å². The van der Waals surface area contributed by atoms with Gasteiger partial charge in [-0.25, -0.2) is 4.57 Å². The summed E-state index contributed by atoms with van der Waals surface area (Å²) >= 11 is 0. The van der Waals surface area contributed by atoms with Gasteiger partial charge in [-0.15, -0.1) is 0 Å². The van der Waals surface area contributed by atoms with E-state index in [1.165, 1.54) is 0 Å². The third kappa shape index (κ3) is 6.69. The molecule has 0 saturated heterocycles. The first kappa shape index (κ1) is 9.02. The van der Waals surface area contributed by atoms with E-state index in [0.29, 0.717) is 0 Å². The normalized spacial score (nSPS) is 20.1. The zero-order chi connectivity index (χ0) is 19.4. The summed E-state index contributed by atoms with van der Waals surface area (Å²) in [7, 11) is -5.28. The number of carbonyl (C=O) groups excluding carboxylic acids is 1. The van der Waals surface area contributed by atoms with Crippen LogP contribution in [0.4, 0.5) is 0 Å². The van der Waals surface area contributed by atoms with E-state index in [1.807, 2.05) is 5.32 Å². The van der Waals surface area contributed by atoms with Gasteiger partial charge in [0, 0.05) is 20.2 Å². The Hall–Kier alpha value is -0.970. The number of aliphatic hydroxyl groups excluding tert-OH is 1. The average Bonchev–Trinajstić information content (AvgIpc) is 2.34. The predicted octanol–water partition coefficient (Wildman–Crippen LogP) is -0.487. The van der Waals surface area contributed by atoms with Gasteiger partial charge in [0.05, 0.1) is 19.1 Å². The highest BCUT2D eigenvalue weighted by atomic mass is 31.2. The summed E-state index contributed by atoms with van der Waals surface area (Å²) in [5.41, 5.74) is -3.29. The summed E-state index contributed by atoms with van der Waals surface area (Å²) in [4.78, 5) is 29.3. The molecule has 8 nitrogen and oxygen atoms in total. The smallest absolute Gasteiger partial charge is 0.383 e. The molecule has 0 aliphatic rings. The zero-order valence-electron chi connectivity index (χ0n) is 15.2. The molecule has 1 atom stereocenters. The zero-order valence-corrected chi connectivity index (χ0v) is 10.1. The second kappa shape index (κ2) is 6.83. The lowest BCUT2D eigenvalue weighted by atomic mass is 9.87. The van der Waals surface area contributed by atoms with Gasteiger partial charge < -0.3 is 20.2 Å². The Kier molecular flexibility index (Phi) is 3.42. The van der Waals surface area contributed by atoms with Gasteiger partial charge >= 0.3 is 7.82 Å². The standard InChI is InChI=1S/C9H17N2O6P/c1-9(2,6-17-18(14,15)16)7(12)8(13)11-5-3-4-10/h7,12H,3,5-6H2,1-2H3,(H,11,13)(H2,14,15,16)/i1D3,2D3. The second-order valence-electron chi connectivity index (χ2n) is 3.34. The first-order chi connectivity index (χ1) is 10.6. The third-order valence-corrected chi connectivity index (χ3v) is 2.18. The van der Waals surface area contributed by atoms with Gasteiger partial charge in [0.25, 0.3) is 0 Å². The molecule has 0 aromatic rings. The number of nitriles is 1. The van der Waals surface area contributed by atoms with Gasteiger partial charge in [-0.3, -0.25) is 9.32 Å². The van der Waals surface area contributed by atoms with E-state index in [9.17, 15) is 14.5 Å². The van der Waals surface area contributed by atoms with Crippen LogP contribution in [0, 0.1) is 16.7 Å². The van der Waals surface area contributed by atoms with E-state index in [2.05, 4.69) is 4.52 Å². The predicted molar refractivity (Wildman–Crippen MR) is 61.0 cm³/mol. The van der Waals surface area contributed by atoms with E-state index < -0.39 is 45.6 Å². The molecular weight excluding hydrogens is 263 g/mol. The minimum absolute atomic E-state index is 0.189. The van der Waals surface area contributed by atoms with Crippen molar-refractivity contribution < 1.29 is 37.0 Å². The molecule has 0 spiro atoms. The molecule has 0 aromatic heterocycles. The lowest BCUT2D eigenvalue weighted by molar-refractivity contribution is -0.136. The maximum Gasteiger partial charge on any atom is 0.469 e. The Morgan fingerprint density at radius 3 is 2.72 bits per heavy atom. The van der Waals surface area contributed by atoms with Crippen molar-refractivity contribution in [1.82, 2.24) is 5.32 Å². The van der Waals surface area contributed by atoms with Crippen molar-refractivity contribution in [1.29, 1.82) is 5.26 Å². The molecule has 0 rings (SSSR count). The fourth-order valence-corrected chi connectivity index (χ4v) is 1.20. The highest BCUT2D eigenvalue weighted by molar-refractivity contribution is 7.46. The Bertz CT molecular complexity index is 524. The molecule has 0 aliphatic carbocycles. The van der Waals surface area contributed by atoms with Crippen LogP contribution in [0.3, 0.4) is 0 Å². The number of carbonyl (C=O) groups is 1. The van der Waals surface area contributed by atoms with Crippen molar-refractivity contribution >= 4 is 13.7 Å². The molecule has 0 saturated carbocycles. The van der Waals surface area contributed by atoms with Crippen LogP contribution in [-0.2, 0) is 13.9 Å². The van der Waals surface area contributed by atoms with Gasteiger partial charge in [0.2, 0.25) is 5.91 Å². The van der Waals surface area contributed by atoms with Crippen molar-refractivity contribution in [3.8, 4) is 6.07 Å². The number of aliphatic hydroxyl groups is 1. The van der Waals surface area contributed by atoms with Crippen LogP contribution in [0.25, 0.3) is 0 Å². The summed E-state index contributed by atoms with van der Waals surface area (Å²) < 4.78 is 59.1. The molecule has 0 fully saturated rings. The van der Waals surface area contributed by atoms with Crippen molar-refractivity contribution in [3.63, 3.8) is 0 Å². The number of nitrogens with zero attached hydrogens (tertiary/aromatic N) is 1. The fraction of sp³-hybridized carbons (Fsp3) is 0.778. The average molecular weight is 286 g/mol. The maximum atomic E-state index is 11.9. The maximum absolute atomic E-state index is 11.9. The van der Waals surface area contributed by atoms with Crippen molar-refractivity contribution in [2.45, 2.75) is 26.2 Å². The summed E-state index contributed by atoms with van der Waals surface area (Å²) in [6, 6.07) is 1.66. The van der Waals surface area contributed by atoms with Crippen LogP contribution >= 0.6 is 7.82 Å². The number of nitrogens with one attached hydrogen (secondary N) is 1. The van der Waals surface area contributed by atoms with Gasteiger partial charge in [-0.05, 0) is 0 Å². The van der Waals surface area contributed by atoms with Crippen LogP contribution in [0.15, 0.2) is 0 Å². The second-order valence-corrected chi connectivity index (χ2v) is 4.58. The van der Waals surface area contributed by atoms with Gasteiger partial charge in [0.15, 0.2) is 0 Å². The summed E-state index contributed by atoms with van der Waals surface area (Å²) in [6.07, 6.45) is -2.89. The van der Waals surface area contributed by atoms with E-state index >= 15 is 0 Å². The Morgan fingerprint density at radius 1 is 1.67 bits per heavy atom. The number of hydrogen-bond donors (Lipinski definition) is 4. The molecule has 104 valence electrons. The first-order valence-corrected chi connectivity index (χ1v) is 6.16. The molecule has 1 unspecified atom stereocenters. The summed E-state index contributed by atoms with van der Waals surface area (Å²) in [5.74, 6) is -1.42. The van der Waals surface area contributed by atoms with E-state index in [1.54, 1.807) is 6.07 Å². The van der Waals surface area contributed by atoms with Crippen LogP contribution in [-0.4, -0.2) is 40.1 Å². The van der Waals surface area contributed by atoms with Crippen molar-refractivity contribution in [2.75, 3.05) is 13.2 Å². The van der Waals surface area contributed by atoms with Crippen molar-refractivity contribution in [2.24, 2.45) is 5.41 Å². The molecule has 0 radical (unpaired) electrons. The number of phosphoric acid groups is 1. The molecule has 4 N–H and O–H groups in total. The quantitative estimate of drug-likeness (QED) is 0.365. The molecule has 1 amide bonds. The Morgan fingerprint density at radius 2 is 2.28 bits per heavy atom. The minimum atomic E-state index is -5.28. The van der Waals surface area contributed by atoms with Gasteiger partial charge in [-0.2, -0.15) is 5.26 Å². The molecular formula is C9H17N2O6P. The number of amides is 1. The molecule has 18 heavy (non-hydrogen) atoms. The van der Waals surface area contributed by atoms with Crippen LogP contribution in [0.5, 0.6) is 0 Å². The van der Waals surface area contributed by atoms with Crippen LogP contribution in [0.2, 0.25) is 0 Å².